The molecule has 1 saturated heterocycles. The molecule has 1 N–H and O–H groups in total. The fraction of sp³-hybridized carbons (Fsp3) is 0.278. The summed E-state index contributed by atoms with van der Waals surface area (Å²) in [5.41, 5.74) is 0.718. The molecule has 122 valence electrons. The van der Waals surface area contributed by atoms with Gasteiger partial charge in [-0.2, -0.15) is 0 Å². The summed E-state index contributed by atoms with van der Waals surface area (Å²) in [5, 5.41) is 6.31. The van der Waals surface area contributed by atoms with Crippen LogP contribution in [0.5, 0.6) is 0 Å². The molecule has 3 heterocycles. The van der Waals surface area contributed by atoms with Crippen molar-refractivity contribution in [3.05, 3.63) is 53.7 Å². The van der Waals surface area contributed by atoms with E-state index in [-0.39, 0.29) is 11.9 Å². The summed E-state index contributed by atoms with van der Waals surface area (Å²) in [7, 11) is 0. The number of fused-ring (bicyclic) bond motifs is 1. The fourth-order valence-corrected chi connectivity index (χ4v) is 3.85. The van der Waals surface area contributed by atoms with Gasteiger partial charge in [-0.1, -0.05) is 18.2 Å². The maximum atomic E-state index is 12.3. The van der Waals surface area contributed by atoms with Gasteiger partial charge < -0.3 is 10.2 Å². The predicted octanol–water partition coefficient (Wildman–Crippen LogP) is 3.09. The van der Waals surface area contributed by atoms with Crippen molar-refractivity contribution in [3.63, 3.8) is 0 Å². The van der Waals surface area contributed by atoms with Crippen LogP contribution in [0, 0.1) is 0 Å². The standard InChI is InChI=1S/C18H18N4OS/c23-17(13-4-2-1-3-5-13)21-14-6-9-22(10-7-14)16-15-8-11-24-18(15)20-12-19-16/h1-5,8,11-12,14H,6-7,9-10H2,(H,21,23). The molecule has 1 amide bonds. The Morgan fingerprint density at radius 2 is 1.92 bits per heavy atom. The topological polar surface area (TPSA) is 58.1 Å². The minimum absolute atomic E-state index is 0.0105. The maximum absolute atomic E-state index is 12.3. The molecule has 5 nitrogen and oxygen atoms in total. The van der Waals surface area contributed by atoms with E-state index in [0.717, 1.165) is 47.5 Å². The van der Waals surface area contributed by atoms with Gasteiger partial charge in [0.05, 0.1) is 5.39 Å². The largest absolute Gasteiger partial charge is 0.356 e. The highest BCUT2D eigenvalue weighted by atomic mass is 32.1. The highest BCUT2D eigenvalue weighted by Crippen LogP contribution is 2.28. The van der Waals surface area contributed by atoms with Gasteiger partial charge in [-0.25, -0.2) is 9.97 Å². The van der Waals surface area contributed by atoms with E-state index < -0.39 is 0 Å². The van der Waals surface area contributed by atoms with Gasteiger partial charge in [0.15, 0.2) is 0 Å². The minimum Gasteiger partial charge on any atom is -0.356 e. The molecule has 0 saturated carbocycles. The van der Waals surface area contributed by atoms with Crippen LogP contribution in [0.2, 0.25) is 0 Å². The Bertz CT molecular complexity index is 840. The summed E-state index contributed by atoms with van der Waals surface area (Å²) in [6, 6.07) is 11.7. The quantitative estimate of drug-likeness (QED) is 0.797. The number of aromatic nitrogens is 2. The second-order valence-electron chi connectivity index (χ2n) is 5.94. The van der Waals surface area contributed by atoms with Crippen LogP contribution < -0.4 is 10.2 Å². The third kappa shape index (κ3) is 2.97. The smallest absolute Gasteiger partial charge is 0.251 e. The van der Waals surface area contributed by atoms with E-state index >= 15 is 0 Å². The number of benzene rings is 1. The molecule has 24 heavy (non-hydrogen) atoms. The Hall–Kier alpha value is -2.47. The summed E-state index contributed by atoms with van der Waals surface area (Å²) in [5.74, 6) is 1.02. The number of nitrogens with one attached hydrogen (secondary N) is 1. The van der Waals surface area contributed by atoms with Crippen LogP contribution in [0.1, 0.15) is 23.2 Å². The second kappa shape index (κ2) is 6.57. The molecular formula is C18H18N4OS. The Balaban J connectivity index is 1.40. The average molecular weight is 338 g/mol. The van der Waals surface area contributed by atoms with Crippen LogP contribution in [0.25, 0.3) is 10.2 Å². The maximum Gasteiger partial charge on any atom is 0.251 e. The first-order chi connectivity index (χ1) is 11.8. The molecule has 4 rings (SSSR count). The van der Waals surface area contributed by atoms with Crippen molar-refractivity contribution in [2.75, 3.05) is 18.0 Å². The number of thiophene rings is 1. The van der Waals surface area contributed by atoms with Crippen molar-refractivity contribution in [2.45, 2.75) is 18.9 Å². The van der Waals surface area contributed by atoms with E-state index in [2.05, 4.69) is 31.6 Å². The molecular weight excluding hydrogens is 320 g/mol. The molecule has 1 aliphatic rings. The Labute approximate surface area is 144 Å². The molecule has 3 aromatic rings. The number of carbonyl (C=O) groups is 1. The molecule has 1 aromatic carbocycles. The van der Waals surface area contributed by atoms with E-state index in [1.54, 1.807) is 17.7 Å². The number of nitrogens with zero attached hydrogens (tertiary/aromatic N) is 3. The fourth-order valence-electron chi connectivity index (χ4n) is 3.12. The number of rotatable bonds is 3. The summed E-state index contributed by atoms with van der Waals surface area (Å²) in [6.45, 7) is 1.78. The van der Waals surface area contributed by atoms with Crippen molar-refractivity contribution in [2.24, 2.45) is 0 Å². The molecule has 2 aromatic heterocycles. The van der Waals surface area contributed by atoms with E-state index in [4.69, 9.17) is 0 Å². The van der Waals surface area contributed by atoms with Gasteiger partial charge in [-0.3, -0.25) is 4.79 Å². The molecule has 0 unspecified atom stereocenters. The number of piperidine rings is 1. The Kier molecular flexibility index (Phi) is 4.13. The second-order valence-corrected chi connectivity index (χ2v) is 6.83. The Morgan fingerprint density at radius 1 is 1.12 bits per heavy atom. The zero-order valence-corrected chi connectivity index (χ0v) is 14.0. The van der Waals surface area contributed by atoms with Gasteiger partial charge in [0.25, 0.3) is 5.91 Å². The van der Waals surface area contributed by atoms with E-state index in [1.807, 2.05) is 30.3 Å². The highest BCUT2D eigenvalue weighted by Gasteiger charge is 2.23. The molecule has 0 bridgehead atoms. The number of hydrogen-bond acceptors (Lipinski definition) is 5. The molecule has 1 fully saturated rings. The van der Waals surface area contributed by atoms with Crippen LogP contribution in [-0.2, 0) is 0 Å². The number of hydrogen-bond donors (Lipinski definition) is 1. The number of amides is 1. The zero-order chi connectivity index (χ0) is 16.4. The predicted molar refractivity (Wildman–Crippen MR) is 96.6 cm³/mol. The molecule has 6 heteroatoms. The van der Waals surface area contributed by atoms with Crippen molar-refractivity contribution in [3.8, 4) is 0 Å². The van der Waals surface area contributed by atoms with Gasteiger partial charge >= 0.3 is 0 Å². The number of carbonyl (C=O) groups excluding carboxylic acids is 1. The van der Waals surface area contributed by atoms with Crippen LogP contribution in [0.3, 0.4) is 0 Å². The van der Waals surface area contributed by atoms with Crippen molar-refractivity contribution in [1.29, 1.82) is 0 Å². The van der Waals surface area contributed by atoms with Gasteiger partial charge in [0.1, 0.15) is 17.0 Å². The van der Waals surface area contributed by atoms with E-state index in [1.165, 1.54) is 0 Å². The lowest BCUT2D eigenvalue weighted by molar-refractivity contribution is 0.0931. The van der Waals surface area contributed by atoms with Crippen LogP contribution in [-0.4, -0.2) is 35.0 Å². The number of anilines is 1. The van der Waals surface area contributed by atoms with Crippen LogP contribution in [0.4, 0.5) is 5.82 Å². The van der Waals surface area contributed by atoms with Crippen LogP contribution >= 0.6 is 11.3 Å². The van der Waals surface area contributed by atoms with Crippen molar-refractivity contribution < 1.29 is 4.79 Å². The zero-order valence-electron chi connectivity index (χ0n) is 13.2. The summed E-state index contributed by atoms with van der Waals surface area (Å²) >= 11 is 1.64. The summed E-state index contributed by atoms with van der Waals surface area (Å²) < 4.78 is 0. The lowest BCUT2D eigenvalue weighted by atomic mass is 10.0. The van der Waals surface area contributed by atoms with Crippen molar-refractivity contribution in [1.82, 2.24) is 15.3 Å². The third-order valence-electron chi connectivity index (χ3n) is 4.41. The monoisotopic (exact) mass is 338 g/mol. The van der Waals surface area contributed by atoms with E-state index in [0.29, 0.717) is 0 Å². The summed E-state index contributed by atoms with van der Waals surface area (Å²) in [4.78, 5) is 24.4. The minimum atomic E-state index is 0.0105. The molecule has 1 aliphatic heterocycles. The highest BCUT2D eigenvalue weighted by molar-refractivity contribution is 7.16. The first-order valence-electron chi connectivity index (χ1n) is 8.10. The average Bonchev–Trinajstić information content (AvgIpc) is 3.12. The normalized spacial score (nSPS) is 15.6. The van der Waals surface area contributed by atoms with Crippen molar-refractivity contribution >= 4 is 33.3 Å². The molecule has 0 radical (unpaired) electrons. The summed E-state index contributed by atoms with van der Waals surface area (Å²) in [6.07, 6.45) is 3.49. The lowest BCUT2D eigenvalue weighted by Crippen LogP contribution is -2.45. The van der Waals surface area contributed by atoms with Crippen LogP contribution in [0.15, 0.2) is 48.1 Å². The third-order valence-corrected chi connectivity index (χ3v) is 5.23. The Morgan fingerprint density at radius 3 is 2.71 bits per heavy atom. The van der Waals surface area contributed by atoms with Gasteiger partial charge in [0.2, 0.25) is 0 Å². The van der Waals surface area contributed by atoms with Gasteiger partial charge in [0, 0.05) is 24.7 Å². The van der Waals surface area contributed by atoms with Gasteiger partial charge in [-0.05, 0) is 36.4 Å². The lowest BCUT2D eigenvalue weighted by Gasteiger charge is -2.33. The van der Waals surface area contributed by atoms with Gasteiger partial charge in [-0.15, -0.1) is 11.3 Å². The molecule has 0 atom stereocenters. The van der Waals surface area contributed by atoms with E-state index in [9.17, 15) is 4.79 Å². The molecule has 0 spiro atoms. The SMILES string of the molecule is O=C(NC1CCN(c2ncnc3sccc23)CC1)c1ccccc1. The molecule has 0 aliphatic carbocycles. The first kappa shape index (κ1) is 15.1. The first-order valence-corrected chi connectivity index (χ1v) is 8.98.